The van der Waals surface area contributed by atoms with E-state index in [1.165, 1.54) is 7.11 Å². The summed E-state index contributed by atoms with van der Waals surface area (Å²) in [4.78, 5) is 0. The number of rotatable bonds is 16. The number of hydrogen-bond acceptors (Lipinski definition) is 20. The Morgan fingerprint density at radius 2 is 1.40 bits per heavy atom. The van der Waals surface area contributed by atoms with Crippen molar-refractivity contribution in [2.75, 3.05) is 26.9 Å². The van der Waals surface area contributed by atoms with E-state index in [-0.39, 0.29) is 36.7 Å². The van der Waals surface area contributed by atoms with Gasteiger partial charge >= 0.3 is 10.4 Å². The van der Waals surface area contributed by atoms with Gasteiger partial charge in [-0.25, -0.2) is 4.18 Å². The van der Waals surface area contributed by atoms with Crippen LogP contribution >= 0.6 is 0 Å². The van der Waals surface area contributed by atoms with Gasteiger partial charge in [0.15, 0.2) is 18.9 Å². The Morgan fingerprint density at radius 1 is 0.738 bits per heavy atom. The Bertz CT molecular complexity index is 1710. The van der Waals surface area contributed by atoms with Crippen molar-refractivity contribution < 1.29 is 101 Å². The van der Waals surface area contributed by atoms with Gasteiger partial charge in [-0.2, -0.15) is 8.42 Å². The highest BCUT2D eigenvalue weighted by Crippen LogP contribution is 2.70. The molecule has 1 unspecified atom stereocenters. The van der Waals surface area contributed by atoms with Crippen LogP contribution in [0.25, 0.3) is 0 Å². The van der Waals surface area contributed by atoms with Gasteiger partial charge in [-0.1, -0.05) is 34.6 Å². The van der Waals surface area contributed by atoms with Crippen LogP contribution in [0.3, 0.4) is 0 Å². The molecule has 4 saturated carbocycles. The van der Waals surface area contributed by atoms with E-state index in [4.69, 9.17) is 37.3 Å². The first-order chi connectivity index (χ1) is 30.4. The second-order valence-corrected chi connectivity index (χ2v) is 22.0. The minimum Gasteiger partial charge on any atom is -0.394 e. The first-order valence-corrected chi connectivity index (χ1v) is 24.6. The molecule has 0 radical (unpaired) electrons. The molecular weight excluding hydrogens is 885 g/mol. The molecule has 25 atom stereocenters. The lowest BCUT2D eigenvalue weighted by atomic mass is 9.41. The van der Waals surface area contributed by atoms with Crippen LogP contribution in [-0.4, -0.2) is 201 Å². The van der Waals surface area contributed by atoms with E-state index in [1.807, 2.05) is 20.8 Å². The number of fused-ring (bicyclic) bond motifs is 5. The molecule has 0 spiro atoms. The van der Waals surface area contributed by atoms with E-state index in [9.17, 15) is 64.0 Å². The SMILES string of the molecule is CO[C@H]1[C@H](O[C@H]2CC[C@@]3(C)C([C@H](O)C[C@@]4(O)[C@@H]5[C@@H](O)C[C@H]([C@H](C)CC[C@H](O[C@@H]6O[C@@H](CO)[C@H](OS(=O)(=O)O)[C@H]6O[C@@H]6O[C@@H](CO)[C@H](O)[C@H]6O)C(C)C)[C@@]5(C)CC[C@@H]43)[C@H]2O)OC[C@@H](O)[C@@H]1O. The summed E-state index contributed by atoms with van der Waals surface area (Å²) in [6, 6.07) is 0. The molecule has 11 N–H and O–H groups in total. The summed E-state index contributed by atoms with van der Waals surface area (Å²) < 4.78 is 79.3. The molecule has 65 heavy (non-hydrogen) atoms. The predicted octanol–water partition coefficient (Wildman–Crippen LogP) is -1.66. The van der Waals surface area contributed by atoms with Gasteiger partial charge in [-0.05, 0) is 79.4 Å². The van der Waals surface area contributed by atoms with E-state index in [1.54, 1.807) is 0 Å². The van der Waals surface area contributed by atoms with Gasteiger partial charge in [0.05, 0.1) is 55.9 Å². The number of aliphatic hydroxyl groups excluding tert-OH is 9. The van der Waals surface area contributed by atoms with E-state index >= 15 is 0 Å². The van der Waals surface area contributed by atoms with Crippen LogP contribution in [-0.2, 0) is 47.7 Å². The maximum atomic E-state index is 13.0. The molecule has 0 aromatic rings. The predicted molar refractivity (Wildman–Crippen MR) is 221 cm³/mol. The Hall–Kier alpha value is -0.810. The van der Waals surface area contributed by atoms with Crippen LogP contribution in [0, 0.1) is 46.3 Å². The third-order valence-corrected chi connectivity index (χ3v) is 17.4. The molecule has 7 rings (SSSR count). The average molecular weight is 959 g/mol. The van der Waals surface area contributed by atoms with Crippen molar-refractivity contribution in [2.45, 2.75) is 196 Å². The molecule has 3 aliphatic heterocycles. The lowest BCUT2D eigenvalue weighted by molar-refractivity contribution is -0.320. The summed E-state index contributed by atoms with van der Waals surface area (Å²) in [7, 11) is -3.76. The lowest BCUT2D eigenvalue weighted by Gasteiger charge is -2.66. The van der Waals surface area contributed by atoms with Crippen LogP contribution in [0.2, 0.25) is 0 Å². The highest BCUT2D eigenvalue weighted by Gasteiger charge is 2.72. The molecular formula is C43H74O21S. The summed E-state index contributed by atoms with van der Waals surface area (Å²) in [5.74, 6) is -1.86. The van der Waals surface area contributed by atoms with Crippen LogP contribution < -0.4 is 0 Å². The molecule has 3 saturated heterocycles. The zero-order valence-electron chi connectivity index (χ0n) is 38.0. The Morgan fingerprint density at radius 3 is 2.02 bits per heavy atom. The first-order valence-electron chi connectivity index (χ1n) is 23.2. The summed E-state index contributed by atoms with van der Waals surface area (Å²) in [5.41, 5.74) is -2.73. The number of ether oxygens (including phenoxy) is 7. The zero-order chi connectivity index (χ0) is 47.7. The zero-order valence-corrected chi connectivity index (χ0v) is 38.8. The van der Waals surface area contributed by atoms with Gasteiger partial charge < -0.3 is 84.2 Å². The van der Waals surface area contributed by atoms with E-state index in [0.29, 0.717) is 44.9 Å². The van der Waals surface area contributed by atoms with Crippen LogP contribution in [0.5, 0.6) is 0 Å². The molecule has 0 aromatic carbocycles. The smallest absolute Gasteiger partial charge is 0.394 e. The van der Waals surface area contributed by atoms with Crippen molar-refractivity contribution in [3.63, 3.8) is 0 Å². The highest BCUT2D eigenvalue weighted by atomic mass is 32.3. The normalized spacial score (nSPS) is 51.1. The Balaban J connectivity index is 1.03. The maximum absolute atomic E-state index is 13.0. The summed E-state index contributed by atoms with van der Waals surface area (Å²) in [6.45, 7) is 8.40. The standard InChI is InChI=1S/C43H74O21S/c1-18(2)24(59-40-36(34(27(16-45)62-40)64-65(54,55)56)63-38-33(52)32(51)26(15-44)61-38)8-7-19(3)20-13-21(46)37-41(20,4)12-10-28-42(5)11-9-25(31(50)29(42)22(47)14-43(28,37)53)60-39-35(57-6)30(49)23(48)17-58-39/h18-40,44-53H,7-17H2,1-6H3,(H,54,55,56)/t19-,20-,21+,22-,23-,24+,25+,26+,27+,28-,29?,30+,31+,32+,33-,34+,35-,36-,37-,38+,39+,40-,41-,42-,43+/m1/s1. The Kier molecular flexibility index (Phi) is 15.8. The van der Waals surface area contributed by atoms with Crippen LogP contribution in [0.15, 0.2) is 0 Å². The molecule has 22 heteroatoms. The molecule has 3 heterocycles. The molecule has 21 nitrogen and oxygen atoms in total. The van der Waals surface area contributed by atoms with Crippen molar-refractivity contribution in [2.24, 2.45) is 46.3 Å². The van der Waals surface area contributed by atoms with Crippen molar-refractivity contribution in [3.05, 3.63) is 0 Å². The fourth-order valence-corrected chi connectivity index (χ4v) is 14.3. The third kappa shape index (κ3) is 9.58. The molecule has 378 valence electrons. The average Bonchev–Trinajstić information content (AvgIpc) is 3.80. The molecule has 0 bridgehead atoms. The Labute approximate surface area is 380 Å². The van der Waals surface area contributed by atoms with Crippen LogP contribution in [0.1, 0.15) is 86.0 Å². The summed E-state index contributed by atoms with van der Waals surface area (Å²) >= 11 is 0. The number of aliphatic hydroxyl groups is 10. The first kappa shape index (κ1) is 52.0. The fourth-order valence-electron chi connectivity index (χ4n) is 13.8. The largest absolute Gasteiger partial charge is 0.397 e. The van der Waals surface area contributed by atoms with Gasteiger partial charge in [0.25, 0.3) is 0 Å². The van der Waals surface area contributed by atoms with Gasteiger partial charge in [0.1, 0.15) is 54.9 Å². The van der Waals surface area contributed by atoms with Crippen LogP contribution in [0.4, 0.5) is 0 Å². The van der Waals surface area contributed by atoms with Gasteiger partial charge in [-0.3, -0.25) is 4.55 Å². The quantitative estimate of drug-likeness (QED) is 0.0609. The molecule has 7 aliphatic rings. The topological polar surface area (TPSA) is 331 Å². The monoisotopic (exact) mass is 958 g/mol. The van der Waals surface area contributed by atoms with Crippen molar-refractivity contribution in [1.29, 1.82) is 0 Å². The number of methoxy groups -OCH3 is 1. The molecule has 7 fully saturated rings. The summed E-state index contributed by atoms with van der Waals surface area (Å²) in [5, 5.41) is 110. The van der Waals surface area contributed by atoms with E-state index < -0.39 is 156 Å². The second kappa shape index (κ2) is 19.8. The van der Waals surface area contributed by atoms with Crippen molar-refractivity contribution in [3.8, 4) is 0 Å². The minimum absolute atomic E-state index is 0.0234. The summed E-state index contributed by atoms with van der Waals surface area (Å²) in [6.07, 6.45) is -17.5. The van der Waals surface area contributed by atoms with Gasteiger partial charge in [-0.15, -0.1) is 0 Å². The molecule has 4 aliphatic carbocycles. The maximum Gasteiger partial charge on any atom is 0.397 e. The van der Waals surface area contributed by atoms with Gasteiger partial charge in [0.2, 0.25) is 0 Å². The molecule has 0 amide bonds. The fraction of sp³-hybridized carbons (Fsp3) is 1.00. The molecule has 0 aromatic heterocycles. The second-order valence-electron chi connectivity index (χ2n) is 20.9. The van der Waals surface area contributed by atoms with Crippen molar-refractivity contribution in [1.82, 2.24) is 0 Å². The minimum atomic E-state index is -5.13. The number of hydrogen-bond donors (Lipinski definition) is 11. The lowest BCUT2D eigenvalue weighted by Crippen LogP contribution is -2.71. The van der Waals surface area contributed by atoms with E-state index in [2.05, 4.69) is 13.8 Å². The van der Waals surface area contributed by atoms with E-state index in [0.717, 1.165) is 0 Å². The third-order valence-electron chi connectivity index (χ3n) is 16.9. The highest BCUT2D eigenvalue weighted by molar-refractivity contribution is 7.80. The van der Waals surface area contributed by atoms with Crippen molar-refractivity contribution >= 4 is 10.4 Å². The van der Waals surface area contributed by atoms with Gasteiger partial charge in [0, 0.05) is 25.4 Å².